The number of benzene rings is 3. The molecule has 0 fully saturated rings. The lowest BCUT2D eigenvalue weighted by Crippen LogP contribution is -2.29. The highest BCUT2D eigenvalue weighted by Crippen LogP contribution is 2.38. The number of hydrogen-bond acceptors (Lipinski definition) is 1. The number of rotatable bonds is 4. The largest absolute Gasteiger partial charge is 0.456 e. The predicted molar refractivity (Wildman–Crippen MR) is 132 cm³/mol. The van der Waals surface area contributed by atoms with Crippen LogP contribution in [0.4, 0.5) is 8.78 Å². The molecule has 5 aromatic rings. The minimum Gasteiger partial charge on any atom is -0.456 e. The fraction of sp³-hybridized carbons (Fsp3) is 0.276. The molecule has 0 spiro atoms. The van der Waals surface area contributed by atoms with E-state index >= 15 is 0 Å². The first kappa shape index (κ1) is 22.3. The Labute approximate surface area is 198 Å². The Hall–Kier alpha value is -3.47. The molecule has 0 aliphatic heterocycles. The number of fused-ring (bicyclic) bond motifs is 3. The Morgan fingerprint density at radius 3 is 2.24 bits per heavy atom. The Morgan fingerprint density at radius 1 is 0.912 bits per heavy atom. The number of aromatic nitrogens is 2. The summed E-state index contributed by atoms with van der Waals surface area (Å²) in [6.45, 7) is 10.9. The second-order valence-corrected chi connectivity index (χ2v) is 9.72. The van der Waals surface area contributed by atoms with E-state index in [0.29, 0.717) is 28.2 Å². The summed E-state index contributed by atoms with van der Waals surface area (Å²) in [7, 11) is 2.02. The molecule has 3 aromatic carbocycles. The minimum absolute atomic E-state index is 0.219. The Balaban J connectivity index is 1.84. The molecule has 5 rings (SSSR count). The van der Waals surface area contributed by atoms with Gasteiger partial charge in [0, 0.05) is 28.6 Å². The molecule has 0 saturated heterocycles. The average Bonchev–Trinajstić information content (AvgIpc) is 3.31. The van der Waals surface area contributed by atoms with Crippen molar-refractivity contribution in [2.45, 2.75) is 46.5 Å². The third kappa shape index (κ3) is 3.42. The Bertz CT molecular complexity index is 1530. The van der Waals surface area contributed by atoms with Gasteiger partial charge in [-0.1, -0.05) is 45.9 Å². The van der Waals surface area contributed by atoms with Crippen LogP contribution in [0.5, 0.6) is 0 Å². The summed E-state index contributed by atoms with van der Waals surface area (Å²) in [5.41, 5.74) is 6.47. The summed E-state index contributed by atoms with van der Waals surface area (Å²) in [6, 6.07) is 12.6. The smallest absolute Gasteiger partial charge is 0.294 e. The van der Waals surface area contributed by atoms with Crippen LogP contribution in [0.3, 0.4) is 0 Å². The number of para-hydroxylation sites is 1. The summed E-state index contributed by atoms with van der Waals surface area (Å²) in [5, 5.41) is 0.950. The number of aryl methyl sites for hydroxylation is 2. The Kier molecular flexibility index (Phi) is 5.31. The molecular formula is C29H29F2N2O+. The van der Waals surface area contributed by atoms with Crippen LogP contribution in [-0.2, 0) is 7.05 Å². The second kappa shape index (κ2) is 8.08. The van der Waals surface area contributed by atoms with Crippen molar-refractivity contribution in [1.82, 2.24) is 4.57 Å². The molecule has 0 aliphatic carbocycles. The van der Waals surface area contributed by atoms with E-state index in [4.69, 9.17) is 4.42 Å². The molecule has 0 unspecified atom stereocenters. The van der Waals surface area contributed by atoms with Gasteiger partial charge in [0.2, 0.25) is 0 Å². The van der Waals surface area contributed by atoms with Crippen LogP contribution in [0.1, 0.15) is 56.2 Å². The second-order valence-electron chi connectivity index (χ2n) is 9.72. The first-order valence-electron chi connectivity index (χ1n) is 11.7. The van der Waals surface area contributed by atoms with Crippen molar-refractivity contribution >= 4 is 21.9 Å². The third-order valence-electron chi connectivity index (χ3n) is 6.66. The first-order valence-corrected chi connectivity index (χ1v) is 11.7. The summed E-state index contributed by atoms with van der Waals surface area (Å²) >= 11 is 0. The molecule has 34 heavy (non-hydrogen) atoms. The molecule has 5 heteroatoms. The van der Waals surface area contributed by atoms with E-state index in [0.717, 1.165) is 23.0 Å². The SMILES string of the molecule is Cc1cc2oc3cc(F)cc(F)c3c2cc1-c1n(-c2c(C(C)C)cccc2C(C)C)cc[n+]1C. The summed E-state index contributed by atoms with van der Waals surface area (Å²) in [6.07, 6.45) is 4.14. The number of halogens is 2. The van der Waals surface area contributed by atoms with Gasteiger partial charge in [-0.15, -0.1) is 0 Å². The lowest BCUT2D eigenvalue weighted by Gasteiger charge is -2.18. The minimum atomic E-state index is -0.646. The van der Waals surface area contributed by atoms with E-state index in [-0.39, 0.29) is 5.58 Å². The zero-order valence-corrected chi connectivity index (χ0v) is 20.4. The fourth-order valence-corrected chi connectivity index (χ4v) is 4.98. The van der Waals surface area contributed by atoms with Crippen molar-refractivity contribution < 1.29 is 17.8 Å². The summed E-state index contributed by atoms with van der Waals surface area (Å²) < 4.78 is 38.7. The zero-order chi connectivity index (χ0) is 24.3. The van der Waals surface area contributed by atoms with Crippen molar-refractivity contribution in [3.8, 4) is 17.1 Å². The third-order valence-corrected chi connectivity index (χ3v) is 6.66. The highest BCUT2D eigenvalue weighted by Gasteiger charge is 2.27. The van der Waals surface area contributed by atoms with Gasteiger partial charge in [0.15, 0.2) is 0 Å². The number of nitrogens with zero attached hydrogens (tertiary/aromatic N) is 2. The zero-order valence-electron chi connectivity index (χ0n) is 20.4. The van der Waals surface area contributed by atoms with Crippen LogP contribution in [0.2, 0.25) is 0 Å². The molecule has 0 saturated carbocycles. The van der Waals surface area contributed by atoms with Gasteiger partial charge < -0.3 is 4.42 Å². The van der Waals surface area contributed by atoms with Crippen molar-refractivity contribution in [3.63, 3.8) is 0 Å². The number of imidazole rings is 1. The van der Waals surface area contributed by atoms with Gasteiger partial charge in [0.05, 0.1) is 18.0 Å². The van der Waals surface area contributed by atoms with Gasteiger partial charge in [0.25, 0.3) is 5.82 Å². The lowest BCUT2D eigenvalue weighted by atomic mass is 9.92. The maximum Gasteiger partial charge on any atom is 0.294 e. The van der Waals surface area contributed by atoms with E-state index in [9.17, 15) is 8.78 Å². The van der Waals surface area contributed by atoms with Crippen LogP contribution >= 0.6 is 0 Å². The molecule has 2 aromatic heterocycles. The van der Waals surface area contributed by atoms with Crippen LogP contribution in [0.25, 0.3) is 39.0 Å². The number of furan rings is 1. The monoisotopic (exact) mass is 459 g/mol. The van der Waals surface area contributed by atoms with Crippen LogP contribution in [-0.4, -0.2) is 4.57 Å². The van der Waals surface area contributed by atoms with E-state index in [1.807, 2.05) is 32.3 Å². The maximum absolute atomic E-state index is 14.8. The van der Waals surface area contributed by atoms with Crippen molar-refractivity contribution in [1.29, 1.82) is 0 Å². The molecule has 0 N–H and O–H groups in total. The lowest BCUT2D eigenvalue weighted by molar-refractivity contribution is -0.659. The highest BCUT2D eigenvalue weighted by atomic mass is 19.1. The Morgan fingerprint density at radius 2 is 1.59 bits per heavy atom. The molecule has 174 valence electrons. The van der Waals surface area contributed by atoms with Crippen molar-refractivity contribution in [3.05, 3.63) is 83.2 Å². The van der Waals surface area contributed by atoms with E-state index < -0.39 is 11.6 Å². The van der Waals surface area contributed by atoms with Gasteiger partial charge in [-0.25, -0.2) is 13.3 Å². The molecule has 0 atom stereocenters. The molecule has 0 bridgehead atoms. The molecular weight excluding hydrogens is 430 g/mol. The quantitative estimate of drug-likeness (QED) is 0.252. The van der Waals surface area contributed by atoms with Gasteiger partial charge in [-0.3, -0.25) is 0 Å². The maximum atomic E-state index is 14.8. The van der Waals surface area contributed by atoms with Gasteiger partial charge in [0.1, 0.15) is 40.9 Å². The highest BCUT2D eigenvalue weighted by molar-refractivity contribution is 6.06. The fourth-order valence-electron chi connectivity index (χ4n) is 4.98. The number of hydrogen-bond donors (Lipinski definition) is 0. The van der Waals surface area contributed by atoms with Crippen molar-refractivity contribution in [2.24, 2.45) is 7.05 Å². The summed E-state index contributed by atoms with van der Waals surface area (Å²) in [4.78, 5) is 0. The van der Waals surface area contributed by atoms with Gasteiger partial charge in [-0.05, 0) is 36.5 Å². The molecule has 2 heterocycles. The molecule has 0 aliphatic rings. The normalized spacial score (nSPS) is 12.1. The first-order chi connectivity index (χ1) is 16.2. The van der Waals surface area contributed by atoms with Crippen LogP contribution in [0, 0.1) is 18.6 Å². The van der Waals surface area contributed by atoms with E-state index in [1.165, 1.54) is 22.9 Å². The van der Waals surface area contributed by atoms with Gasteiger partial charge in [-0.2, -0.15) is 4.57 Å². The molecule has 3 nitrogen and oxygen atoms in total. The van der Waals surface area contributed by atoms with Gasteiger partial charge >= 0.3 is 0 Å². The van der Waals surface area contributed by atoms with E-state index in [2.05, 4.69) is 61.2 Å². The van der Waals surface area contributed by atoms with Crippen LogP contribution < -0.4 is 4.57 Å². The predicted octanol–water partition coefficient (Wildman–Crippen LogP) is 7.70. The topological polar surface area (TPSA) is 21.9 Å². The standard InChI is InChI=1S/C29H29F2N2O/c1-16(2)20-8-7-9-21(17(3)4)28(20)33-11-10-32(6)29(33)22-15-23-25(12-18(22)5)34-26-14-19(30)13-24(31)27(23)26/h7-17H,1-6H3/q+1. The van der Waals surface area contributed by atoms with Crippen molar-refractivity contribution in [2.75, 3.05) is 0 Å². The van der Waals surface area contributed by atoms with Crippen LogP contribution in [0.15, 0.2) is 59.3 Å². The molecule has 0 amide bonds. The average molecular weight is 460 g/mol. The van der Waals surface area contributed by atoms with E-state index in [1.54, 1.807) is 0 Å². The summed E-state index contributed by atoms with van der Waals surface area (Å²) in [5.74, 6) is 0.425. The molecule has 0 radical (unpaired) electrons.